The molecule has 58 heavy (non-hydrogen) atoms. The standard InChI is InChI=1S/C12H14BrClO2.C12H16ClNO2.C12H15ClO2.C8H7ClO2/c1-12(2,3)16-11(15)8-4-5-9(7-13)10(14)6-8;1-12(2,3)16-11(15)8-4-5-9(7-14)10(13)6-8;1-8-5-6-9(7-10(8)13)11(14)15-12(2,3)4;1-5-2-3-6(8(10)11)4-7(5)9/h4-6H,7H2,1-3H3;4-6H,7,14H2,1-3H3;5-7H,1-4H3;2-4H,1H3,(H,10,11). The Bertz CT molecular complexity index is 1970. The van der Waals surface area contributed by atoms with E-state index in [0.29, 0.717) is 48.7 Å². The lowest BCUT2D eigenvalue weighted by atomic mass is 10.1. The smallest absolute Gasteiger partial charge is 0.338 e. The topological polar surface area (TPSA) is 142 Å². The van der Waals surface area contributed by atoms with Crippen molar-refractivity contribution in [3.05, 3.63) is 137 Å². The quantitative estimate of drug-likeness (QED) is 0.110. The highest BCUT2D eigenvalue weighted by Crippen LogP contribution is 2.23. The fourth-order valence-electron chi connectivity index (χ4n) is 4.08. The second-order valence-corrected chi connectivity index (χ2v) is 17.9. The molecule has 0 heterocycles. The highest BCUT2D eigenvalue weighted by molar-refractivity contribution is 9.08. The van der Waals surface area contributed by atoms with E-state index >= 15 is 0 Å². The minimum absolute atomic E-state index is 0.223. The average Bonchev–Trinajstić information content (AvgIpc) is 3.09. The van der Waals surface area contributed by atoms with Crippen LogP contribution in [0.4, 0.5) is 0 Å². The number of hydrogen-bond acceptors (Lipinski definition) is 8. The van der Waals surface area contributed by atoms with E-state index in [-0.39, 0.29) is 23.5 Å². The van der Waals surface area contributed by atoms with E-state index in [1.807, 2.05) is 88.3 Å². The molecule has 0 radical (unpaired) electrons. The van der Waals surface area contributed by atoms with Gasteiger partial charge >= 0.3 is 23.9 Å². The fourth-order valence-corrected chi connectivity index (χ4v) is 5.60. The Hall–Kier alpha value is -3.64. The molecular formula is C44H52BrCl4NO8. The predicted molar refractivity (Wildman–Crippen MR) is 238 cm³/mol. The van der Waals surface area contributed by atoms with Crippen molar-refractivity contribution in [3.63, 3.8) is 0 Å². The van der Waals surface area contributed by atoms with Crippen LogP contribution in [0.3, 0.4) is 0 Å². The molecule has 0 bridgehead atoms. The number of hydrogen-bond donors (Lipinski definition) is 2. The Balaban J connectivity index is 0.000000390. The maximum absolute atomic E-state index is 11.7. The molecule has 3 N–H and O–H groups in total. The van der Waals surface area contributed by atoms with Crippen LogP contribution in [0.5, 0.6) is 0 Å². The number of benzene rings is 4. The summed E-state index contributed by atoms with van der Waals surface area (Å²) < 4.78 is 15.7. The predicted octanol–water partition coefficient (Wildman–Crippen LogP) is 12.9. The van der Waals surface area contributed by atoms with E-state index in [9.17, 15) is 19.2 Å². The Kier molecular flexibility index (Phi) is 21.0. The molecule has 0 aliphatic rings. The molecule has 316 valence electrons. The van der Waals surface area contributed by atoms with Gasteiger partial charge in [-0.2, -0.15) is 0 Å². The number of aryl methyl sites for hydroxylation is 2. The number of alkyl halides is 1. The lowest BCUT2D eigenvalue weighted by Gasteiger charge is -2.19. The van der Waals surface area contributed by atoms with Gasteiger partial charge in [-0.25, -0.2) is 19.2 Å². The van der Waals surface area contributed by atoms with Crippen molar-refractivity contribution in [2.75, 3.05) is 0 Å². The van der Waals surface area contributed by atoms with Gasteiger partial charge in [0.05, 0.1) is 22.3 Å². The van der Waals surface area contributed by atoms with Crippen LogP contribution in [0, 0.1) is 13.8 Å². The molecule has 0 atom stereocenters. The summed E-state index contributed by atoms with van der Waals surface area (Å²) >= 11 is 26.9. The fraction of sp³-hybridized carbons (Fsp3) is 0.364. The summed E-state index contributed by atoms with van der Waals surface area (Å²) in [6.07, 6.45) is 0. The minimum Gasteiger partial charge on any atom is -0.478 e. The van der Waals surface area contributed by atoms with Crippen molar-refractivity contribution in [1.29, 1.82) is 0 Å². The van der Waals surface area contributed by atoms with E-state index in [0.717, 1.165) is 22.3 Å². The van der Waals surface area contributed by atoms with Crippen molar-refractivity contribution in [2.45, 2.75) is 105 Å². The van der Waals surface area contributed by atoms with Crippen molar-refractivity contribution < 1.29 is 38.5 Å². The Morgan fingerprint density at radius 1 is 0.534 bits per heavy atom. The first-order valence-corrected chi connectivity index (χ1v) is 20.5. The third kappa shape index (κ3) is 19.9. The number of nitrogens with two attached hydrogens (primary N) is 1. The van der Waals surface area contributed by atoms with Gasteiger partial charge in [0.1, 0.15) is 16.8 Å². The molecule has 0 spiro atoms. The van der Waals surface area contributed by atoms with Crippen LogP contribution in [0.2, 0.25) is 20.1 Å². The van der Waals surface area contributed by atoms with Crippen molar-refractivity contribution >= 4 is 86.2 Å². The first kappa shape index (κ1) is 52.4. The molecule has 0 aromatic heterocycles. The molecule has 4 aromatic carbocycles. The van der Waals surface area contributed by atoms with Crippen LogP contribution in [0.1, 0.15) is 126 Å². The summed E-state index contributed by atoms with van der Waals surface area (Å²) in [6, 6.07) is 20.0. The number of carboxylic acid groups (broad SMARTS) is 1. The second kappa shape index (κ2) is 23.2. The third-order valence-corrected chi connectivity index (χ3v) is 9.09. The van der Waals surface area contributed by atoms with E-state index in [2.05, 4.69) is 15.9 Å². The molecule has 0 fully saturated rings. The molecule has 4 aromatic rings. The number of rotatable bonds is 6. The van der Waals surface area contributed by atoms with Crippen molar-refractivity contribution in [3.8, 4) is 0 Å². The number of carbonyl (C=O) groups excluding carboxylic acids is 3. The average molecular weight is 945 g/mol. The Morgan fingerprint density at radius 2 is 0.828 bits per heavy atom. The maximum Gasteiger partial charge on any atom is 0.338 e. The minimum atomic E-state index is -0.952. The number of carboxylic acids is 1. The normalized spacial score (nSPS) is 11.0. The number of carbonyl (C=O) groups is 4. The number of esters is 3. The van der Waals surface area contributed by atoms with E-state index < -0.39 is 22.8 Å². The van der Waals surface area contributed by atoms with E-state index in [1.54, 1.807) is 48.5 Å². The molecule has 0 amide bonds. The maximum atomic E-state index is 11.7. The zero-order valence-corrected chi connectivity index (χ0v) is 39.2. The summed E-state index contributed by atoms with van der Waals surface area (Å²) in [6.45, 7) is 20.5. The van der Waals surface area contributed by atoms with Gasteiger partial charge in [-0.1, -0.05) is 86.6 Å². The highest BCUT2D eigenvalue weighted by atomic mass is 79.9. The number of ether oxygens (including phenoxy) is 3. The first-order chi connectivity index (χ1) is 26.6. The zero-order valence-electron chi connectivity index (χ0n) is 34.6. The summed E-state index contributed by atoms with van der Waals surface area (Å²) in [7, 11) is 0. The van der Waals surface area contributed by atoms with E-state index in [1.165, 1.54) is 12.1 Å². The second-order valence-electron chi connectivity index (χ2n) is 15.7. The van der Waals surface area contributed by atoms with Crippen LogP contribution < -0.4 is 5.73 Å². The summed E-state index contributed by atoms with van der Waals surface area (Å²) in [5.41, 5.74) is 9.24. The van der Waals surface area contributed by atoms with Gasteiger partial charge in [0, 0.05) is 32.0 Å². The van der Waals surface area contributed by atoms with E-state index in [4.69, 9.17) is 71.5 Å². The SMILES string of the molecule is CC(C)(C)OC(=O)c1ccc(CBr)c(Cl)c1.CC(C)(C)OC(=O)c1ccc(CN)c(Cl)c1.Cc1ccc(C(=O)O)cc1Cl.Cc1ccc(C(=O)OC(C)(C)C)cc1Cl. The molecule has 0 aliphatic carbocycles. The van der Waals surface area contributed by atoms with Gasteiger partial charge in [-0.15, -0.1) is 0 Å². The van der Waals surface area contributed by atoms with Crippen molar-refractivity contribution in [1.82, 2.24) is 0 Å². The lowest BCUT2D eigenvalue weighted by molar-refractivity contribution is 0.00570. The van der Waals surface area contributed by atoms with Crippen LogP contribution in [-0.4, -0.2) is 45.8 Å². The van der Waals surface area contributed by atoms with Crippen LogP contribution in [0.25, 0.3) is 0 Å². The molecule has 14 heteroatoms. The van der Waals surface area contributed by atoms with Crippen LogP contribution in [0.15, 0.2) is 72.8 Å². The van der Waals surface area contributed by atoms with Gasteiger partial charge in [0.15, 0.2) is 0 Å². The summed E-state index contributed by atoms with van der Waals surface area (Å²) in [5.74, 6) is -2.02. The van der Waals surface area contributed by atoms with Crippen LogP contribution in [-0.2, 0) is 26.1 Å². The molecule has 0 aliphatic heterocycles. The van der Waals surface area contributed by atoms with Crippen molar-refractivity contribution in [2.24, 2.45) is 5.73 Å². The monoisotopic (exact) mass is 941 g/mol. The van der Waals surface area contributed by atoms with Gasteiger partial charge in [0.2, 0.25) is 0 Å². The van der Waals surface area contributed by atoms with Gasteiger partial charge in [-0.05, 0) is 147 Å². The molecular weight excluding hydrogens is 892 g/mol. The number of halogens is 5. The molecule has 0 saturated heterocycles. The zero-order chi connectivity index (χ0) is 44.8. The molecule has 0 unspecified atom stereocenters. The Labute approximate surface area is 370 Å². The van der Waals surface area contributed by atoms with Crippen LogP contribution >= 0.6 is 62.3 Å². The molecule has 4 rings (SSSR count). The van der Waals surface area contributed by atoms with Gasteiger partial charge in [0.25, 0.3) is 0 Å². The summed E-state index contributed by atoms with van der Waals surface area (Å²) in [5, 5.41) is 11.3. The van der Waals surface area contributed by atoms with Gasteiger partial charge in [-0.3, -0.25) is 0 Å². The summed E-state index contributed by atoms with van der Waals surface area (Å²) in [4.78, 5) is 45.5. The lowest BCUT2D eigenvalue weighted by Crippen LogP contribution is -2.23. The Morgan fingerprint density at radius 3 is 1.10 bits per heavy atom. The number of aromatic carboxylic acids is 1. The largest absolute Gasteiger partial charge is 0.478 e. The first-order valence-electron chi connectivity index (χ1n) is 17.9. The third-order valence-electron chi connectivity index (χ3n) is 6.96. The van der Waals surface area contributed by atoms with Gasteiger partial charge < -0.3 is 25.1 Å². The molecule has 9 nitrogen and oxygen atoms in total. The highest BCUT2D eigenvalue weighted by Gasteiger charge is 2.20. The molecule has 0 saturated carbocycles.